The molecule has 0 radical (unpaired) electrons. The largest absolute Gasteiger partial charge is 0.417 e. The number of alkyl halides is 3. The highest BCUT2D eigenvalue weighted by atomic mass is 32.2. The molecule has 3 rings (SSSR count). The van der Waals surface area contributed by atoms with Crippen LogP contribution in [0.4, 0.5) is 13.2 Å². The average Bonchev–Trinajstić information content (AvgIpc) is 3.04. The molecule has 0 fully saturated rings. The third-order valence-electron chi connectivity index (χ3n) is 5.29. The molecule has 1 atom stereocenters. The van der Waals surface area contributed by atoms with E-state index in [1.807, 2.05) is 24.6 Å². The first-order valence-electron chi connectivity index (χ1n) is 10.3. The molecule has 0 bridgehead atoms. The Hall–Kier alpha value is -2.36. The number of hydrogen-bond acceptors (Lipinski definition) is 2. The quantitative estimate of drug-likeness (QED) is 0.503. The number of hydrogen-bond donors (Lipinski definition) is 1. The fourth-order valence-corrected chi connectivity index (χ4v) is 4.54. The van der Waals surface area contributed by atoms with Crippen LogP contribution in [-0.4, -0.2) is 31.4 Å². The Morgan fingerprint density at radius 1 is 1.06 bits per heavy atom. The van der Waals surface area contributed by atoms with Gasteiger partial charge in [0.15, 0.2) is 0 Å². The SMILES string of the molecule is CC(C)Cn1cc(C(C)NS(=O)(=O)N(C)C)c2ccc(-c3ccccc3C(F)(F)F)cc21. The standard InChI is InChI=1S/C23H28F3N3O2S/c1-15(2)13-29-14-20(16(3)27-32(30,31)28(4)5)19-11-10-17(12-22(19)29)18-8-6-7-9-21(18)23(24,25)26/h6-12,14-16,27H,13H2,1-5H3. The fraction of sp³-hybridized carbons (Fsp3) is 0.391. The third kappa shape index (κ3) is 5.00. The molecule has 0 aliphatic heterocycles. The number of aromatic nitrogens is 1. The maximum absolute atomic E-state index is 13.6. The summed E-state index contributed by atoms with van der Waals surface area (Å²) in [5.74, 6) is 0.290. The molecule has 0 amide bonds. The zero-order chi connectivity index (χ0) is 23.8. The Morgan fingerprint density at radius 2 is 1.72 bits per heavy atom. The van der Waals surface area contributed by atoms with Crippen molar-refractivity contribution in [3.8, 4) is 11.1 Å². The molecule has 9 heteroatoms. The van der Waals surface area contributed by atoms with Crippen molar-refractivity contribution in [3.05, 3.63) is 59.8 Å². The van der Waals surface area contributed by atoms with Crippen molar-refractivity contribution < 1.29 is 21.6 Å². The summed E-state index contributed by atoms with van der Waals surface area (Å²) in [5, 5.41) is 0.799. The Morgan fingerprint density at radius 3 is 2.31 bits per heavy atom. The van der Waals surface area contributed by atoms with Gasteiger partial charge in [0.1, 0.15) is 0 Å². The van der Waals surface area contributed by atoms with Crippen molar-refractivity contribution in [2.24, 2.45) is 5.92 Å². The van der Waals surface area contributed by atoms with E-state index in [2.05, 4.69) is 4.72 Å². The van der Waals surface area contributed by atoms with Crippen LogP contribution in [0.15, 0.2) is 48.7 Å². The van der Waals surface area contributed by atoms with Gasteiger partial charge >= 0.3 is 6.18 Å². The van der Waals surface area contributed by atoms with Crippen LogP contribution in [0.25, 0.3) is 22.0 Å². The molecule has 1 unspecified atom stereocenters. The lowest BCUT2D eigenvalue weighted by Crippen LogP contribution is -2.37. The normalized spacial score (nSPS) is 13.9. The van der Waals surface area contributed by atoms with Crippen molar-refractivity contribution in [2.45, 2.75) is 39.5 Å². The first-order chi connectivity index (χ1) is 14.8. The molecule has 1 heterocycles. The second kappa shape index (κ2) is 8.88. The second-order valence-electron chi connectivity index (χ2n) is 8.53. The molecule has 2 aromatic carbocycles. The number of benzene rings is 2. The first-order valence-corrected chi connectivity index (χ1v) is 11.7. The van der Waals surface area contributed by atoms with Crippen molar-refractivity contribution >= 4 is 21.1 Å². The molecule has 1 N–H and O–H groups in total. The lowest BCUT2D eigenvalue weighted by atomic mass is 9.97. The van der Waals surface area contributed by atoms with E-state index in [1.54, 1.807) is 31.2 Å². The van der Waals surface area contributed by atoms with E-state index < -0.39 is 28.0 Å². The summed E-state index contributed by atoms with van der Waals surface area (Å²) in [4.78, 5) is 0. The van der Waals surface area contributed by atoms with Crippen LogP contribution in [0, 0.1) is 5.92 Å². The number of fused-ring (bicyclic) bond motifs is 1. The molecule has 5 nitrogen and oxygen atoms in total. The van der Waals surface area contributed by atoms with E-state index in [4.69, 9.17) is 0 Å². The van der Waals surface area contributed by atoms with Gasteiger partial charge in [-0.2, -0.15) is 30.6 Å². The minimum absolute atomic E-state index is 0.113. The van der Waals surface area contributed by atoms with Gasteiger partial charge in [-0.25, -0.2) is 0 Å². The van der Waals surface area contributed by atoms with Gasteiger partial charge in [0.2, 0.25) is 0 Å². The summed E-state index contributed by atoms with van der Waals surface area (Å²) < 4.78 is 71.0. The van der Waals surface area contributed by atoms with Crippen LogP contribution in [0.5, 0.6) is 0 Å². The second-order valence-corrected chi connectivity index (χ2v) is 10.4. The highest BCUT2D eigenvalue weighted by Gasteiger charge is 2.33. The lowest BCUT2D eigenvalue weighted by Gasteiger charge is -2.17. The van der Waals surface area contributed by atoms with Crippen LogP contribution in [-0.2, 0) is 22.9 Å². The number of halogens is 3. The monoisotopic (exact) mass is 467 g/mol. The topological polar surface area (TPSA) is 54.3 Å². The van der Waals surface area contributed by atoms with Crippen molar-refractivity contribution in [2.75, 3.05) is 14.1 Å². The van der Waals surface area contributed by atoms with Crippen molar-refractivity contribution in [1.29, 1.82) is 0 Å². The predicted octanol–water partition coefficient (Wildman–Crippen LogP) is 5.44. The summed E-state index contributed by atoms with van der Waals surface area (Å²) in [5.41, 5.74) is 1.41. The van der Waals surface area contributed by atoms with Crippen LogP contribution in [0.1, 0.15) is 37.9 Å². The van der Waals surface area contributed by atoms with Crippen LogP contribution >= 0.6 is 0 Å². The van der Waals surface area contributed by atoms with E-state index >= 15 is 0 Å². The van der Waals surface area contributed by atoms with Crippen molar-refractivity contribution in [3.63, 3.8) is 0 Å². The first kappa shape index (κ1) is 24.3. The van der Waals surface area contributed by atoms with Gasteiger partial charge in [-0.05, 0) is 41.7 Å². The molecule has 0 saturated heterocycles. The average molecular weight is 468 g/mol. The van der Waals surface area contributed by atoms with E-state index in [-0.39, 0.29) is 5.56 Å². The molecule has 0 spiro atoms. The van der Waals surface area contributed by atoms with E-state index in [1.165, 1.54) is 26.2 Å². The van der Waals surface area contributed by atoms with Gasteiger partial charge < -0.3 is 4.57 Å². The summed E-state index contributed by atoms with van der Waals surface area (Å²) in [6.45, 7) is 6.50. The molecular weight excluding hydrogens is 439 g/mol. The van der Waals surface area contributed by atoms with E-state index in [0.29, 0.717) is 18.0 Å². The highest BCUT2D eigenvalue weighted by molar-refractivity contribution is 7.87. The highest BCUT2D eigenvalue weighted by Crippen LogP contribution is 2.38. The molecule has 0 aliphatic carbocycles. The zero-order valence-corrected chi connectivity index (χ0v) is 19.6. The predicted molar refractivity (Wildman–Crippen MR) is 121 cm³/mol. The molecule has 174 valence electrons. The minimum atomic E-state index is -4.46. The molecule has 0 aliphatic rings. The Kier molecular flexibility index (Phi) is 6.74. The number of nitrogens with zero attached hydrogens (tertiary/aromatic N) is 2. The maximum Gasteiger partial charge on any atom is 0.417 e. The Balaban J connectivity index is 2.16. The number of nitrogens with one attached hydrogen (secondary N) is 1. The van der Waals surface area contributed by atoms with Gasteiger partial charge in [0.05, 0.1) is 5.56 Å². The number of rotatable bonds is 7. The Labute approximate surface area is 187 Å². The maximum atomic E-state index is 13.6. The van der Waals surface area contributed by atoms with Crippen LogP contribution in [0.2, 0.25) is 0 Å². The van der Waals surface area contributed by atoms with Gasteiger partial charge in [-0.3, -0.25) is 0 Å². The van der Waals surface area contributed by atoms with Crippen molar-refractivity contribution in [1.82, 2.24) is 13.6 Å². The summed E-state index contributed by atoms with van der Waals surface area (Å²) in [6, 6.07) is 10.2. The molecule has 32 heavy (non-hydrogen) atoms. The van der Waals surface area contributed by atoms with Crippen LogP contribution < -0.4 is 4.72 Å². The molecule has 1 aromatic heterocycles. The molecular formula is C23H28F3N3O2S. The van der Waals surface area contributed by atoms with Gasteiger partial charge in [-0.15, -0.1) is 0 Å². The van der Waals surface area contributed by atoms with Crippen LogP contribution in [0.3, 0.4) is 0 Å². The van der Waals surface area contributed by atoms with E-state index in [0.717, 1.165) is 26.8 Å². The Bertz CT molecular complexity index is 1210. The van der Waals surface area contributed by atoms with Gasteiger partial charge in [0, 0.05) is 43.8 Å². The summed E-state index contributed by atoms with van der Waals surface area (Å²) >= 11 is 0. The smallest absolute Gasteiger partial charge is 0.347 e. The zero-order valence-electron chi connectivity index (χ0n) is 18.7. The molecule has 3 aromatic rings. The minimum Gasteiger partial charge on any atom is -0.347 e. The third-order valence-corrected chi connectivity index (χ3v) is 6.90. The lowest BCUT2D eigenvalue weighted by molar-refractivity contribution is -0.137. The summed E-state index contributed by atoms with van der Waals surface area (Å²) in [7, 11) is -0.760. The van der Waals surface area contributed by atoms with Gasteiger partial charge in [0.25, 0.3) is 10.2 Å². The van der Waals surface area contributed by atoms with E-state index in [9.17, 15) is 21.6 Å². The summed E-state index contributed by atoms with van der Waals surface area (Å²) in [6.07, 6.45) is -2.58. The molecule has 0 saturated carbocycles. The van der Waals surface area contributed by atoms with Gasteiger partial charge in [-0.1, -0.05) is 44.2 Å². The fourth-order valence-electron chi connectivity index (χ4n) is 3.75.